The number of fused-ring (bicyclic) bond motifs is 1. The topological polar surface area (TPSA) is 89.3 Å². The third kappa shape index (κ3) is 2.64. The largest absolute Gasteiger partial charge is 0.469 e. The molecule has 0 spiro atoms. The Morgan fingerprint density at radius 1 is 1.40 bits per heavy atom. The number of imidazole rings is 1. The Morgan fingerprint density at radius 3 is 2.92 bits per heavy atom. The molecule has 1 atom stereocenters. The van der Waals surface area contributed by atoms with Crippen molar-refractivity contribution in [1.82, 2.24) is 24.2 Å². The number of nitrogens with zero attached hydrogens (tertiary/aromatic N) is 5. The number of rotatable bonds is 3. The predicted molar refractivity (Wildman–Crippen MR) is 87.7 cm³/mol. The highest BCUT2D eigenvalue weighted by atomic mass is 16.3. The van der Waals surface area contributed by atoms with E-state index < -0.39 is 6.10 Å². The highest BCUT2D eigenvalue weighted by molar-refractivity contribution is 5.95. The third-order valence-corrected chi connectivity index (χ3v) is 4.58. The first-order valence-electron chi connectivity index (χ1n) is 8.10. The maximum Gasteiger partial charge on any atom is 0.257 e. The molecule has 8 nitrogen and oxygen atoms in total. The number of carbonyl (C=O) groups excluding carboxylic acids is 1. The molecule has 1 aliphatic rings. The lowest BCUT2D eigenvalue weighted by Crippen LogP contribution is -2.38. The molecule has 1 aliphatic heterocycles. The quantitative estimate of drug-likeness (QED) is 0.774. The molecule has 0 radical (unpaired) electrons. The summed E-state index contributed by atoms with van der Waals surface area (Å²) in [5.41, 5.74) is 2.02. The van der Waals surface area contributed by atoms with E-state index in [2.05, 4.69) is 10.1 Å². The summed E-state index contributed by atoms with van der Waals surface area (Å²) >= 11 is 0. The van der Waals surface area contributed by atoms with Crippen molar-refractivity contribution in [2.24, 2.45) is 7.05 Å². The van der Waals surface area contributed by atoms with Gasteiger partial charge in [0.2, 0.25) is 0 Å². The second-order valence-corrected chi connectivity index (χ2v) is 6.20. The Kier molecular flexibility index (Phi) is 3.69. The summed E-state index contributed by atoms with van der Waals surface area (Å²) in [6.45, 7) is 3.38. The summed E-state index contributed by atoms with van der Waals surface area (Å²) < 4.78 is 8.83. The van der Waals surface area contributed by atoms with Gasteiger partial charge in [-0.3, -0.25) is 9.48 Å². The molecule has 3 aromatic heterocycles. The lowest BCUT2D eigenvalue weighted by atomic mass is 10.2. The van der Waals surface area contributed by atoms with Gasteiger partial charge < -0.3 is 19.0 Å². The summed E-state index contributed by atoms with van der Waals surface area (Å²) in [6.07, 6.45) is 4.06. The SMILES string of the molecule is Cc1occc1C(=O)N1CCn2nc([C@H](O)c3nccn3C)cc2C1. The Morgan fingerprint density at radius 2 is 2.24 bits per heavy atom. The molecule has 0 bridgehead atoms. The summed E-state index contributed by atoms with van der Waals surface area (Å²) in [7, 11) is 1.83. The Balaban J connectivity index is 1.56. The lowest BCUT2D eigenvalue weighted by Gasteiger charge is -2.27. The van der Waals surface area contributed by atoms with Crippen LogP contribution < -0.4 is 0 Å². The fraction of sp³-hybridized carbons (Fsp3) is 0.353. The first-order chi connectivity index (χ1) is 12.0. The normalized spacial score (nSPS) is 15.2. The smallest absolute Gasteiger partial charge is 0.257 e. The molecule has 1 amide bonds. The fourth-order valence-electron chi connectivity index (χ4n) is 3.15. The van der Waals surface area contributed by atoms with E-state index in [1.165, 1.54) is 6.26 Å². The summed E-state index contributed by atoms with van der Waals surface area (Å²) in [5, 5.41) is 15.0. The minimum Gasteiger partial charge on any atom is -0.469 e. The zero-order valence-electron chi connectivity index (χ0n) is 14.1. The van der Waals surface area contributed by atoms with E-state index in [1.54, 1.807) is 34.9 Å². The number of aliphatic hydroxyl groups excluding tert-OH is 1. The minimum absolute atomic E-state index is 0.0510. The maximum absolute atomic E-state index is 12.6. The molecule has 130 valence electrons. The van der Waals surface area contributed by atoms with Gasteiger partial charge in [-0.05, 0) is 19.1 Å². The molecule has 8 heteroatoms. The van der Waals surface area contributed by atoms with Crippen LogP contribution in [-0.4, -0.2) is 41.8 Å². The number of carbonyl (C=O) groups is 1. The van der Waals surface area contributed by atoms with Gasteiger partial charge >= 0.3 is 0 Å². The maximum atomic E-state index is 12.6. The van der Waals surface area contributed by atoms with Crippen molar-refractivity contribution in [3.63, 3.8) is 0 Å². The van der Waals surface area contributed by atoms with E-state index in [-0.39, 0.29) is 5.91 Å². The first kappa shape index (κ1) is 15.6. The second kappa shape index (κ2) is 5.89. The number of aliphatic hydroxyl groups is 1. The molecule has 0 saturated carbocycles. The zero-order chi connectivity index (χ0) is 17.6. The van der Waals surface area contributed by atoms with Gasteiger partial charge in [-0.1, -0.05) is 0 Å². The van der Waals surface area contributed by atoms with E-state index in [0.717, 1.165) is 5.69 Å². The van der Waals surface area contributed by atoms with Gasteiger partial charge in [-0.25, -0.2) is 4.98 Å². The molecule has 4 rings (SSSR count). The van der Waals surface area contributed by atoms with Crippen LogP contribution in [0.5, 0.6) is 0 Å². The summed E-state index contributed by atoms with van der Waals surface area (Å²) in [4.78, 5) is 18.6. The number of aryl methyl sites for hydroxylation is 2. The van der Waals surface area contributed by atoms with Gasteiger partial charge in [-0.15, -0.1) is 0 Å². The molecule has 25 heavy (non-hydrogen) atoms. The first-order valence-corrected chi connectivity index (χ1v) is 8.10. The minimum atomic E-state index is -0.890. The van der Waals surface area contributed by atoms with E-state index >= 15 is 0 Å². The number of hydrogen-bond acceptors (Lipinski definition) is 5. The van der Waals surface area contributed by atoms with Crippen LogP contribution in [0.1, 0.15) is 39.4 Å². The van der Waals surface area contributed by atoms with Crippen LogP contribution in [-0.2, 0) is 20.1 Å². The van der Waals surface area contributed by atoms with Crippen molar-refractivity contribution < 1.29 is 14.3 Å². The number of furan rings is 1. The van der Waals surface area contributed by atoms with Crippen molar-refractivity contribution in [2.75, 3.05) is 6.54 Å². The van der Waals surface area contributed by atoms with Crippen LogP contribution in [0.3, 0.4) is 0 Å². The van der Waals surface area contributed by atoms with Crippen LogP contribution in [0.2, 0.25) is 0 Å². The van der Waals surface area contributed by atoms with Crippen LogP contribution >= 0.6 is 0 Å². The third-order valence-electron chi connectivity index (χ3n) is 4.58. The van der Waals surface area contributed by atoms with Gasteiger partial charge in [-0.2, -0.15) is 5.10 Å². The average molecular weight is 341 g/mol. The molecule has 4 heterocycles. The summed E-state index contributed by atoms with van der Waals surface area (Å²) in [5.74, 6) is 1.11. The van der Waals surface area contributed by atoms with E-state index in [0.29, 0.717) is 42.5 Å². The second-order valence-electron chi connectivity index (χ2n) is 6.20. The molecule has 0 aliphatic carbocycles. The highest BCUT2D eigenvalue weighted by Crippen LogP contribution is 2.23. The van der Waals surface area contributed by atoms with Crippen molar-refractivity contribution in [3.8, 4) is 0 Å². The van der Waals surface area contributed by atoms with Gasteiger partial charge in [0.15, 0.2) is 6.10 Å². The monoisotopic (exact) mass is 341 g/mol. The Hall–Kier alpha value is -2.87. The van der Waals surface area contributed by atoms with Gasteiger partial charge in [0.1, 0.15) is 11.6 Å². The van der Waals surface area contributed by atoms with E-state index in [4.69, 9.17) is 4.42 Å². The van der Waals surface area contributed by atoms with Crippen molar-refractivity contribution in [1.29, 1.82) is 0 Å². The van der Waals surface area contributed by atoms with E-state index in [1.807, 2.05) is 17.8 Å². The van der Waals surface area contributed by atoms with Crippen molar-refractivity contribution in [3.05, 3.63) is 59.3 Å². The molecular weight excluding hydrogens is 322 g/mol. The lowest BCUT2D eigenvalue weighted by molar-refractivity contribution is 0.0704. The molecule has 0 saturated heterocycles. The van der Waals surface area contributed by atoms with Crippen LogP contribution in [0.25, 0.3) is 0 Å². The molecule has 0 fully saturated rings. The molecule has 1 N–H and O–H groups in total. The summed E-state index contributed by atoms with van der Waals surface area (Å²) in [6, 6.07) is 3.53. The molecular formula is C17H19N5O3. The standard InChI is InChI=1S/C17H19N5O3/c1-11-13(3-8-25-11)17(24)21-6-7-22-12(10-21)9-14(19-22)15(23)16-18-4-5-20(16)2/h3-5,8-9,15,23H,6-7,10H2,1-2H3/t15-/m0/s1. The number of hydrogen-bond donors (Lipinski definition) is 1. The fourth-order valence-corrected chi connectivity index (χ4v) is 3.15. The van der Waals surface area contributed by atoms with Gasteiger partial charge in [0.25, 0.3) is 5.91 Å². The van der Waals surface area contributed by atoms with Crippen LogP contribution in [0, 0.1) is 6.92 Å². The average Bonchev–Trinajstić information content (AvgIpc) is 3.32. The molecule has 0 aromatic carbocycles. The highest BCUT2D eigenvalue weighted by Gasteiger charge is 2.27. The van der Waals surface area contributed by atoms with Crippen molar-refractivity contribution in [2.45, 2.75) is 26.1 Å². The molecule has 3 aromatic rings. The number of aromatic nitrogens is 4. The van der Waals surface area contributed by atoms with Crippen LogP contribution in [0.4, 0.5) is 0 Å². The Bertz CT molecular complexity index is 923. The predicted octanol–water partition coefficient (Wildman–Crippen LogP) is 1.26. The molecule has 0 unspecified atom stereocenters. The van der Waals surface area contributed by atoms with Gasteiger partial charge in [0.05, 0.1) is 36.3 Å². The number of amides is 1. The van der Waals surface area contributed by atoms with Crippen molar-refractivity contribution >= 4 is 5.91 Å². The van der Waals surface area contributed by atoms with Gasteiger partial charge in [0, 0.05) is 26.0 Å². The zero-order valence-corrected chi connectivity index (χ0v) is 14.1. The Labute approximate surface area is 144 Å². The van der Waals surface area contributed by atoms with Crippen LogP contribution in [0.15, 0.2) is 35.2 Å². The van der Waals surface area contributed by atoms with E-state index in [9.17, 15) is 9.90 Å².